The zero-order valence-electron chi connectivity index (χ0n) is 16.5. The minimum Gasteiger partial charge on any atom is -0.497 e. The lowest BCUT2D eigenvalue weighted by atomic mass is 9.83. The van der Waals surface area contributed by atoms with Crippen LogP contribution in [0.25, 0.3) is 0 Å². The Labute approximate surface area is 172 Å². The maximum absolute atomic E-state index is 13.2. The molecule has 3 fully saturated rings. The summed E-state index contributed by atoms with van der Waals surface area (Å²) >= 11 is 0. The number of ether oxygens (including phenoxy) is 1. The number of fused-ring (bicyclic) bond motifs is 2. The molecule has 2 bridgehead atoms. The molecule has 0 saturated carbocycles. The molecular formula is C21H30ClN3O3. The molecule has 7 heteroatoms. The Kier molecular flexibility index (Phi) is 6.50. The van der Waals surface area contributed by atoms with Gasteiger partial charge in [-0.3, -0.25) is 9.59 Å². The summed E-state index contributed by atoms with van der Waals surface area (Å²) in [7, 11) is 3.44. The number of nitrogens with zero attached hydrogens (tertiary/aromatic N) is 1. The van der Waals surface area contributed by atoms with E-state index in [0.29, 0.717) is 24.9 Å². The van der Waals surface area contributed by atoms with Crippen molar-refractivity contribution < 1.29 is 14.3 Å². The molecule has 3 saturated heterocycles. The average Bonchev–Trinajstić information content (AvgIpc) is 3.02. The number of benzene rings is 1. The summed E-state index contributed by atoms with van der Waals surface area (Å²) < 4.78 is 5.24. The van der Waals surface area contributed by atoms with Gasteiger partial charge in [-0.1, -0.05) is 12.1 Å². The minimum absolute atomic E-state index is 0. The number of nitrogens with one attached hydrogen (secondary N) is 2. The Morgan fingerprint density at radius 2 is 1.79 bits per heavy atom. The fraction of sp³-hybridized carbons (Fsp3) is 0.619. The van der Waals surface area contributed by atoms with Gasteiger partial charge in [0.2, 0.25) is 11.8 Å². The third-order valence-corrected chi connectivity index (χ3v) is 6.47. The maximum atomic E-state index is 13.2. The minimum atomic E-state index is -0.226. The van der Waals surface area contributed by atoms with Crippen LogP contribution in [-0.4, -0.2) is 49.0 Å². The summed E-state index contributed by atoms with van der Waals surface area (Å²) in [4.78, 5) is 27.2. The van der Waals surface area contributed by atoms with Crippen molar-refractivity contribution in [3.05, 3.63) is 29.8 Å². The lowest BCUT2D eigenvalue weighted by Gasteiger charge is -2.39. The fourth-order valence-corrected chi connectivity index (χ4v) is 5.05. The van der Waals surface area contributed by atoms with Crippen LogP contribution in [0.4, 0.5) is 0 Å². The highest BCUT2D eigenvalue weighted by atomic mass is 35.5. The zero-order valence-corrected chi connectivity index (χ0v) is 17.3. The first-order valence-corrected chi connectivity index (χ1v) is 10.0. The van der Waals surface area contributed by atoms with Crippen molar-refractivity contribution in [2.75, 3.05) is 14.2 Å². The quantitative estimate of drug-likeness (QED) is 0.804. The molecule has 3 aliphatic rings. The topological polar surface area (TPSA) is 70.7 Å². The van der Waals surface area contributed by atoms with Crippen molar-refractivity contribution in [1.82, 2.24) is 15.5 Å². The van der Waals surface area contributed by atoms with E-state index in [9.17, 15) is 9.59 Å². The van der Waals surface area contributed by atoms with Gasteiger partial charge in [-0.05, 0) is 49.8 Å². The van der Waals surface area contributed by atoms with Crippen LogP contribution >= 0.6 is 12.4 Å². The summed E-state index contributed by atoms with van der Waals surface area (Å²) in [5.41, 5.74) is 0.983. The van der Waals surface area contributed by atoms with Gasteiger partial charge < -0.3 is 20.3 Å². The Morgan fingerprint density at radius 3 is 2.39 bits per heavy atom. The smallest absolute Gasteiger partial charge is 0.225 e. The highest BCUT2D eigenvalue weighted by Gasteiger charge is 2.41. The maximum Gasteiger partial charge on any atom is 0.225 e. The van der Waals surface area contributed by atoms with Crippen LogP contribution < -0.4 is 15.4 Å². The number of likely N-dealkylation sites (tertiary alicyclic amines) is 1. The first-order valence-electron chi connectivity index (χ1n) is 10.0. The van der Waals surface area contributed by atoms with E-state index in [1.54, 1.807) is 19.1 Å². The zero-order chi connectivity index (χ0) is 19.0. The van der Waals surface area contributed by atoms with E-state index < -0.39 is 0 Å². The van der Waals surface area contributed by atoms with Gasteiger partial charge in [0.25, 0.3) is 0 Å². The molecule has 4 unspecified atom stereocenters. The molecule has 6 nitrogen and oxygen atoms in total. The lowest BCUT2D eigenvalue weighted by Crippen LogP contribution is -2.52. The molecule has 3 aliphatic heterocycles. The monoisotopic (exact) mass is 407 g/mol. The molecule has 0 radical (unpaired) electrons. The standard InChI is InChI=1S/C21H29N3O3.ClH/c1-24-19(25)10-9-18(20(24)13-3-7-17(27-2)8-4-13)21(26)23-16-11-14-5-6-15(12-16)22-14;/h3-4,7-8,14-16,18,20,22H,5-6,9-12H2,1-2H3,(H,23,26);1H. The van der Waals surface area contributed by atoms with Gasteiger partial charge in [0.1, 0.15) is 5.75 Å². The highest BCUT2D eigenvalue weighted by Crippen LogP contribution is 2.37. The summed E-state index contributed by atoms with van der Waals surface area (Å²) in [6.07, 6.45) is 5.48. The molecule has 3 heterocycles. The van der Waals surface area contributed by atoms with Gasteiger partial charge in [-0.25, -0.2) is 0 Å². The molecule has 154 valence electrons. The number of amides is 2. The van der Waals surface area contributed by atoms with Crippen LogP contribution in [0.5, 0.6) is 5.75 Å². The SMILES string of the molecule is COc1ccc(C2C(C(=O)NC3CC4CCC(C3)N4)CCC(=O)N2C)cc1.Cl. The average molecular weight is 408 g/mol. The summed E-state index contributed by atoms with van der Waals surface area (Å²) in [5, 5.41) is 6.92. The normalized spacial score (nSPS) is 31.9. The second-order valence-electron chi connectivity index (χ2n) is 8.18. The van der Waals surface area contributed by atoms with Gasteiger partial charge in [-0.2, -0.15) is 0 Å². The number of methoxy groups -OCH3 is 1. The predicted octanol–water partition coefficient (Wildman–Crippen LogP) is 2.43. The van der Waals surface area contributed by atoms with E-state index in [-0.39, 0.29) is 42.2 Å². The Hall–Kier alpha value is -1.79. The Bertz CT molecular complexity index is 699. The second kappa shape index (κ2) is 8.70. The highest BCUT2D eigenvalue weighted by molar-refractivity contribution is 5.85. The van der Waals surface area contributed by atoms with E-state index in [4.69, 9.17) is 4.74 Å². The Morgan fingerprint density at radius 1 is 1.14 bits per heavy atom. The lowest BCUT2D eigenvalue weighted by molar-refractivity contribution is -0.142. The van der Waals surface area contributed by atoms with Crippen molar-refractivity contribution in [2.24, 2.45) is 5.92 Å². The van der Waals surface area contributed by atoms with Gasteiger partial charge >= 0.3 is 0 Å². The van der Waals surface area contributed by atoms with Gasteiger partial charge in [0.15, 0.2) is 0 Å². The number of carbonyl (C=O) groups is 2. The van der Waals surface area contributed by atoms with Crippen molar-refractivity contribution in [2.45, 2.75) is 62.7 Å². The molecule has 0 aliphatic carbocycles. The number of piperidine rings is 2. The predicted molar refractivity (Wildman–Crippen MR) is 110 cm³/mol. The van der Waals surface area contributed by atoms with Crippen LogP contribution in [0.15, 0.2) is 24.3 Å². The molecule has 0 aromatic heterocycles. The molecule has 1 aromatic carbocycles. The Balaban J connectivity index is 0.00000225. The van der Waals surface area contributed by atoms with Gasteiger partial charge in [-0.15, -0.1) is 12.4 Å². The van der Waals surface area contributed by atoms with Crippen molar-refractivity contribution in [3.63, 3.8) is 0 Å². The van der Waals surface area contributed by atoms with Crippen molar-refractivity contribution in [1.29, 1.82) is 0 Å². The largest absolute Gasteiger partial charge is 0.497 e. The van der Waals surface area contributed by atoms with Crippen molar-refractivity contribution >= 4 is 24.2 Å². The summed E-state index contributed by atoms with van der Waals surface area (Å²) in [5.74, 6) is 0.740. The van der Waals surface area contributed by atoms with Gasteiger partial charge in [0.05, 0.1) is 19.1 Å². The van der Waals surface area contributed by atoms with Crippen LogP contribution in [0, 0.1) is 5.92 Å². The van der Waals surface area contributed by atoms with Crippen LogP contribution in [-0.2, 0) is 9.59 Å². The summed E-state index contributed by atoms with van der Waals surface area (Å²) in [6, 6.07) is 8.81. The van der Waals surface area contributed by atoms with Crippen LogP contribution in [0.3, 0.4) is 0 Å². The molecule has 2 amide bonds. The fourth-order valence-electron chi connectivity index (χ4n) is 5.05. The third-order valence-electron chi connectivity index (χ3n) is 6.47. The molecule has 2 N–H and O–H groups in total. The van der Waals surface area contributed by atoms with Crippen LogP contribution in [0.2, 0.25) is 0 Å². The van der Waals surface area contributed by atoms with E-state index in [2.05, 4.69) is 10.6 Å². The first-order chi connectivity index (χ1) is 13.0. The van der Waals surface area contributed by atoms with Gasteiger partial charge in [0, 0.05) is 31.6 Å². The third kappa shape index (κ3) is 4.13. The molecular weight excluding hydrogens is 378 g/mol. The number of hydrogen-bond donors (Lipinski definition) is 2. The molecule has 28 heavy (non-hydrogen) atoms. The second-order valence-corrected chi connectivity index (χ2v) is 8.18. The number of hydrogen-bond acceptors (Lipinski definition) is 4. The van der Waals surface area contributed by atoms with E-state index in [0.717, 1.165) is 24.2 Å². The molecule has 1 aromatic rings. The molecule has 4 atom stereocenters. The number of halogens is 1. The number of carbonyl (C=O) groups excluding carboxylic acids is 2. The van der Waals surface area contributed by atoms with E-state index in [1.807, 2.05) is 24.3 Å². The first kappa shape index (κ1) is 20.9. The van der Waals surface area contributed by atoms with E-state index in [1.165, 1.54) is 12.8 Å². The van der Waals surface area contributed by atoms with Crippen LogP contribution in [0.1, 0.15) is 50.1 Å². The molecule has 4 rings (SSSR count). The van der Waals surface area contributed by atoms with Crippen molar-refractivity contribution in [3.8, 4) is 5.75 Å². The molecule has 0 spiro atoms. The van der Waals surface area contributed by atoms with E-state index >= 15 is 0 Å². The summed E-state index contributed by atoms with van der Waals surface area (Å²) in [6.45, 7) is 0. The number of rotatable bonds is 4.